The number of morpholine rings is 1. The van der Waals surface area contributed by atoms with Crippen molar-refractivity contribution < 1.29 is 23.5 Å². The van der Waals surface area contributed by atoms with E-state index in [9.17, 15) is 9.59 Å². The minimum absolute atomic E-state index is 0.0899. The zero-order valence-corrected chi connectivity index (χ0v) is 17.0. The van der Waals surface area contributed by atoms with Gasteiger partial charge in [0.25, 0.3) is 11.9 Å². The number of rotatable bonds is 6. The van der Waals surface area contributed by atoms with Gasteiger partial charge in [-0.15, -0.1) is 0 Å². The number of hydrogen-bond donors (Lipinski definition) is 2. The van der Waals surface area contributed by atoms with Crippen LogP contribution in [0.15, 0.2) is 53.1 Å². The lowest BCUT2D eigenvalue weighted by molar-refractivity contribution is 0.0302. The van der Waals surface area contributed by atoms with Crippen LogP contribution in [0.1, 0.15) is 20.7 Å². The van der Waals surface area contributed by atoms with E-state index < -0.39 is 5.91 Å². The number of nitrogens with zero attached hydrogens (tertiary/aromatic N) is 2. The third-order valence-electron chi connectivity index (χ3n) is 4.90. The predicted molar refractivity (Wildman–Crippen MR) is 113 cm³/mol. The van der Waals surface area contributed by atoms with Crippen molar-refractivity contribution in [3.63, 3.8) is 0 Å². The molecule has 0 unspecified atom stereocenters. The van der Waals surface area contributed by atoms with Crippen molar-refractivity contribution in [2.75, 3.05) is 38.7 Å². The maximum absolute atomic E-state index is 12.9. The first-order valence-corrected chi connectivity index (χ1v) is 9.72. The van der Waals surface area contributed by atoms with Gasteiger partial charge in [-0.25, -0.2) is 4.98 Å². The fourth-order valence-corrected chi connectivity index (χ4v) is 3.25. The Morgan fingerprint density at radius 2 is 1.84 bits per heavy atom. The Hall–Kier alpha value is -3.85. The molecular weight excluding hydrogens is 400 g/mol. The van der Waals surface area contributed by atoms with E-state index in [1.807, 2.05) is 0 Å². The van der Waals surface area contributed by atoms with Crippen molar-refractivity contribution in [3.8, 4) is 17.1 Å². The van der Waals surface area contributed by atoms with Crippen molar-refractivity contribution in [2.24, 2.45) is 5.73 Å². The Morgan fingerprint density at radius 3 is 2.52 bits per heavy atom. The lowest BCUT2D eigenvalue weighted by atomic mass is 10.1. The summed E-state index contributed by atoms with van der Waals surface area (Å²) >= 11 is 0. The number of amides is 2. The average molecular weight is 422 g/mol. The van der Waals surface area contributed by atoms with Gasteiger partial charge in [0.05, 0.1) is 26.5 Å². The number of oxazole rings is 1. The van der Waals surface area contributed by atoms with Gasteiger partial charge in [0, 0.05) is 41.5 Å². The minimum Gasteiger partial charge on any atom is -0.497 e. The molecule has 31 heavy (non-hydrogen) atoms. The number of nitrogens with two attached hydrogens (primary N) is 1. The Morgan fingerprint density at radius 1 is 1.10 bits per heavy atom. The number of carbonyl (C=O) groups excluding carboxylic acids is 2. The molecule has 0 atom stereocenters. The van der Waals surface area contributed by atoms with E-state index in [2.05, 4.69) is 10.3 Å². The quantitative estimate of drug-likeness (QED) is 0.627. The van der Waals surface area contributed by atoms with Crippen LogP contribution in [0, 0.1) is 0 Å². The standard InChI is InChI=1S/C22H22N4O5/c1-29-18-11-16(21(28)26-6-8-30-9-7-26)10-17(12-18)25-22-24-13-19(31-22)14-2-4-15(5-3-14)20(23)27/h2-5,10-13H,6-9H2,1H3,(H2,23,27)(H,24,25). The largest absolute Gasteiger partial charge is 0.497 e. The zero-order chi connectivity index (χ0) is 21.8. The van der Waals surface area contributed by atoms with Gasteiger partial charge in [-0.2, -0.15) is 0 Å². The molecule has 9 nitrogen and oxygen atoms in total. The molecule has 160 valence electrons. The predicted octanol–water partition coefficient (Wildman–Crippen LogP) is 2.67. The summed E-state index contributed by atoms with van der Waals surface area (Å²) in [6.07, 6.45) is 1.57. The summed E-state index contributed by atoms with van der Waals surface area (Å²) in [4.78, 5) is 30.1. The van der Waals surface area contributed by atoms with Crippen molar-refractivity contribution in [2.45, 2.75) is 0 Å². The number of nitrogens with one attached hydrogen (secondary N) is 1. The molecule has 0 bridgehead atoms. The van der Waals surface area contributed by atoms with E-state index in [4.69, 9.17) is 19.6 Å². The molecule has 3 aromatic rings. The van der Waals surface area contributed by atoms with Crippen LogP contribution in [0.4, 0.5) is 11.7 Å². The Kier molecular flexibility index (Phi) is 5.85. The minimum atomic E-state index is -0.494. The van der Waals surface area contributed by atoms with Gasteiger partial charge >= 0.3 is 0 Å². The topological polar surface area (TPSA) is 120 Å². The maximum atomic E-state index is 12.9. The number of carbonyl (C=O) groups is 2. The number of primary amides is 1. The lowest BCUT2D eigenvalue weighted by Crippen LogP contribution is -2.40. The molecule has 1 aliphatic heterocycles. The van der Waals surface area contributed by atoms with Gasteiger partial charge in [0.1, 0.15) is 5.75 Å². The second-order valence-corrected chi connectivity index (χ2v) is 6.95. The van der Waals surface area contributed by atoms with E-state index in [-0.39, 0.29) is 11.9 Å². The van der Waals surface area contributed by atoms with Crippen LogP contribution in [-0.2, 0) is 4.74 Å². The van der Waals surface area contributed by atoms with Crippen molar-refractivity contribution >= 4 is 23.5 Å². The van der Waals surface area contributed by atoms with Crippen molar-refractivity contribution in [1.29, 1.82) is 0 Å². The second kappa shape index (κ2) is 8.88. The summed E-state index contributed by atoms with van der Waals surface area (Å²) in [5, 5.41) is 3.07. The molecule has 1 fully saturated rings. The van der Waals surface area contributed by atoms with Crippen LogP contribution in [0.25, 0.3) is 11.3 Å². The van der Waals surface area contributed by atoms with Crippen molar-refractivity contribution in [1.82, 2.24) is 9.88 Å². The first-order valence-electron chi connectivity index (χ1n) is 9.72. The molecule has 0 spiro atoms. The highest BCUT2D eigenvalue weighted by molar-refractivity contribution is 5.96. The van der Waals surface area contributed by atoms with Gasteiger partial charge in [-0.1, -0.05) is 12.1 Å². The van der Waals surface area contributed by atoms with Crippen molar-refractivity contribution in [3.05, 3.63) is 59.8 Å². The Labute approximate surface area is 178 Å². The number of benzene rings is 2. The van der Waals surface area contributed by atoms with E-state index in [1.165, 1.54) is 0 Å². The molecular formula is C22H22N4O5. The van der Waals surface area contributed by atoms with Gasteiger partial charge in [0.15, 0.2) is 5.76 Å². The number of anilines is 2. The van der Waals surface area contributed by atoms with Gasteiger partial charge in [0.2, 0.25) is 5.91 Å². The highest BCUT2D eigenvalue weighted by Crippen LogP contribution is 2.28. The van der Waals surface area contributed by atoms with Crippen LogP contribution in [0.5, 0.6) is 5.75 Å². The molecule has 2 amide bonds. The highest BCUT2D eigenvalue weighted by Gasteiger charge is 2.20. The summed E-state index contributed by atoms with van der Waals surface area (Å²) in [5.74, 6) is 0.473. The summed E-state index contributed by atoms with van der Waals surface area (Å²) in [6.45, 7) is 2.16. The zero-order valence-electron chi connectivity index (χ0n) is 17.0. The Balaban J connectivity index is 1.53. The number of hydrogen-bond acceptors (Lipinski definition) is 7. The number of ether oxygens (including phenoxy) is 2. The molecule has 0 saturated carbocycles. The molecule has 0 radical (unpaired) electrons. The summed E-state index contributed by atoms with van der Waals surface area (Å²) in [6, 6.07) is 12.1. The summed E-state index contributed by atoms with van der Waals surface area (Å²) in [7, 11) is 1.54. The third kappa shape index (κ3) is 4.67. The van der Waals surface area contributed by atoms with Crippen LogP contribution in [0.3, 0.4) is 0 Å². The summed E-state index contributed by atoms with van der Waals surface area (Å²) < 4.78 is 16.4. The van der Waals surface area contributed by atoms with E-state index in [0.717, 1.165) is 5.56 Å². The Bertz CT molecular complexity index is 1090. The van der Waals surface area contributed by atoms with Crippen LogP contribution >= 0.6 is 0 Å². The normalized spacial score (nSPS) is 13.6. The fourth-order valence-electron chi connectivity index (χ4n) is 3.25. The van der Waals surface area contributed by atoms with Crippen LogP contribution in [0.2, 0.25) is 0 Å². The van der Waals surface area contributed by atoms with Gasteiger partial charge in [-0.05, 0) is 24.3 Å². The smallest absolute Gasteiger partial charge is 0.299 e. The average Bonchev–Trinajstić information content (AvgIpc) is 3.27. The SMILES string of the molecule is COc1cc(Nc2ncc(-c3ccc(C(N)=O)cc3)o2)cc(C(=O)N2CCOCC2)c1. The fraction of sp³-hybridized carbons (Fsp3) is 0.227. The molecule has 1 saturated heterocycles. The lowest BCUT2D eigenvalue weighted by Gasteiger charge is -2.27. The third-order valence-corrected chi connectivity index (χ3v) is 4.90. The maximum Gasteiger partial charge on any atom is 0.299 e. The van der Waals surface area contributed by atoms with Crippen LogP contribution in [-0.4, -0.2) is 55.1 Å². The molecule has 4 rings (SSSR count). The first kappa shape index (κ1) is 20.4. The molecule has 0 aliphatic carbocycles. The van der Waals surface area contributed by atoms with Crippen LogP contribution < -0.4 is 15.8 Å². The van der Waals surface area contributed by atoms with Gasteiger partial charge in [-0.3, -0.25) is 9.59 Å². The molecule has 1 aromatic heterocycles. The first-order chi connectivity index (χ1) is 15.0. The summed E-state index contributed by atoms with van der Waals surface area (Å²) in [5.41, 5.74) is 7.53. The molecule has 2 aromatic carbocycles. The second-order valence-electron chi connectivity index (χ2n) is 6.95. The molecule has 2 heterocycles. The monoisotopic (exact) mass is 422 g/mol. The molecule has 9 heteroatoms. The van der Waals surface area contributed by atoms with E-state index in [0.29, 0.717) is 54.6 Å². The number of methoxy groups -OCH3 is 1. The molecule has 1 aliphatic rings. The van der Waals surface area contributed by atoms with E-state index in [1.54, 1.807) is 60.7 Å². The van der Waals surface area contributed by atoms with Gasteiger partial charge < -0.3 is 29.8 Å². The van der Waals surface area contributed by atoms with E-state index >= 15 is 0 Å². The molecule has 3 N–H and O–H groups in total. The number of aromatic nitrogens is 1. The highest BCUT2D eigenvalue weighted by atomic mass is 16.5.